The Kier molecular flexibility index (Phi) is 3.64. The SMILES string of the molecule is CC(Nc1ccccc1-n1cccn1)c1cncc(F)c1. The standard InChI is InChI=1S/C16H15FN4/c1-12(13-9-14(17)11-18-10-13)20-15-5-2-3-6-16(15)21-8-4-7-19-21/h2-12,20H,1H3. The minimum absolute atomic E-state index is 0.0649. The second-order valence-corrected chi connectivity index (χ2v) is 4.77. The van der Waals surface area contributed by atoms with Crippen molar-refractivity contribution < 1.29 is 4.39 Å². The van der Waals surface area contributed by atoms with E-state index in [-0.39, 0.29) is 11.9 Å². The Labute approximate surface area is 122 Å². The van der Waals surface area contributed by atoms with Crippen LogP contribution in [0.1, 0.15) is 18.5 Å². The molecule has 0 spiro atoms. The fourth-order valence-corrected chi connectivity index (χ4v) is 2.19. The zero-order valence-corrected chi connectivity index (χ0v) is 11.6. The molecule has 2 heterocycles. The van der Waals surface area contributed by atoms with Crippen LogP contribution in [0.5, 0.6) is 0 Å². The van der Waals surface area contributed by atoms with E-state index < -0.39 is 0 Å². The van der Waals surface area contributed by atoms with Crippen LogP contribution in [0, 0.1) is 5.82 Å². The molecule has 3 rings (SSSR count). The number of hydrogen-bond acceptors (Lipinski definition) is 3. The molecule has 0 bridgehead atoms. The van der Waals surface area contributed by atoms with Crippen molar-refractivity contribution in [2.24, 2.45) is 0 Å². The third-order valence-corrected chi connectivity index (χ3v) is 3.25. The van der Waals surface area contributed by atoms with Gasteiger partial charge in [0.2, 0.25) is 0 Å². The number of pyridine rings is 1. The maximum atomic E-state index is 13.3. The number of aromatic nitrogens is 3. The van der Waals surface area contributed by atoms with Gasteiger partial charge in [0.15, 0.2) is 0 Å². The zero-order chi connectivity index (χ0) is 14.7. The molecule has 2 aromatic heterocycles. The minimum Gasteiger partial charge on any atom is -0.377 e. The van der Waals surface area contributed by atoms with E-state index in [1.54, 1.807) is 17.1 Å². The third kappa shape index (κ3) is 2.91. The van der Waals surface area contributed by atoms with Gasteiger partial charge in [-0.05, 0) is 36.8 Å². The molecule has 1 aromatic carbocycles. The molecule has 1 N–H and O–H groups in total. The smallest absolute Gasteiger partial charge is 0.141 e. The average molecular weight is 282 g/mol. The van der Waals surface area contributed by atoms with Crippen molar-refractivity contribution in [2.45, 2.75) is 13.0 Å². The van der Waals surface area contributed by atoms with Crippen LogP contribution in [0.15, 0.2) is 61.2 Å². The predicted octanol–water partition coefficient (Wildman–Crippen LogP) is 3.58. The van der Waals surface area contributed by atoms with Crippen LogP contribution < -0.4 is 5.32 Å². The Morgan fingerprint density at radius 3 is 2.81 bits per heavy atom. The van der Waals surface area contributed by atoms with Gasteiger partial charge in [-0.2, -0.15) is 5.10 Å². The summed E-state index contributed by atoms with van der Waals surface area (Å²) in [5, 5.41) is 7.62. The molecule has 0 radical (unpaired) electrons. The first-order chi connectivity index (χ1) is 10.2. The van der Waals surface area contributed by atoms with E-state index in [2.05, 4.69) is 15.4 Å². The van der Waals surface area contributed by atoms with Crippen molar-refractivity contribution in [3.05, 3.63) is 72.6 Å². The number of rotatable bonds is 4. The second-order valence-electron chi connectivity index (χ2n) is 4.77. The minimum atomic E-state index is -0.332. The lowest BCUT2D eigenvalue weighted by Gasteiger charge is -2.18. The first-order valence-corrected chi connectivity index (χ1v) is 6.70. The second kappa shape index (κ2) is 5.75. The van der Waals surface area contributed by atoms with Crippen LogP contribution in [-0.2, 0) is 0 Å². The van der Waals surface area contributed by atoms with E-state index in [1.807, 2.05) is 43.5 Å². The highest BCUT2D eigenvalue weighted by Gasteiger charge is 2.10. The molecule has 0 fully saturated rings. The van der Waals surface area contributed by atoms with Crippen molar-refractivity contribution >= 4 is 5.69 Å². The highest BCUT2D eigenvalue weighted by Crippen LogP contribution is 2.24. The van der Waals surface area contributed by atoms with Crippen LogP contribution >= 0.6 is 0 Å². The van der Waals surface area contributed by atoms with Crippen LogP contribution in [0.3, 0.4) is 0 Å². The number of nitrogens with zero attached hydrogens (tertiary/aromatic N) is 3. The van der Waals surface area contributed by atoms with Gasteiger partial charge < -0.3 is 5.32 Å². The summed E-state index contributed by atoms with van der Waals surface area (Å²) in [5.74, 6) is -0.332. The molecule has 0 aliphatic heterocycles. The van der Waals surface area contributed by atoms with Gasteiger partial charge >= 0.3 is 0 Å². The first kappa shape index (κ1) is 13.3. The van der Waals surface area contributed by atoms with E-state index in [1.165, 1.54) is 12.3 Å². The monoisotopic (exact) mass is 282 g/mol. The maximum Gasteiger partial charge on any atom is 0.141 e. The molecule has 1 unspecified atom stereocenters. The van der Waals surface area contributed by atoms with Crippen molar-refractivity contribution in [2.75, 3.05) is 5.32 Å². The molecular weight excluding hydrogens is 267 g/mol. The molecular formula is C16H15FN4. The molecule has 0 aliphatic rings. The highest BCUT2D eigenvalue weighted by molar-refractivity contribution is 5.61. The van der Waals surface area contributed by atoms with Gasteiger partial charge in [-0.25, -0.2) is 9.07 Å². The average Bonchev–Trinajstić information content (AvgIpc) is 3.02. The van der Waals surface area contributed by atoms with Crippen molar-refractivity contribution in [3.63, 3.8) is 0 Å². The Hall–Kier alpha value is -2.69. The van der Waals surface area contributed by atoms with Crippen LogP contribution in [-0.4, -0.2) is 14.8 Å². The molecule has 21 heavy (non-hydrogen) atoms. The van der Waals surface area contributed by atoms with Gasteiger partial charge in [0.1, 0.15) is 5.82 Å². The van der Waals surface area contributed by atoms with Gasteiger partial charge in [0.25, 0.3) is 0 Å². The summed E-state index contributed by atoms with van der Waals surface area (Å²) >= 11 is 0. The van der Waals surface area contributed by atoms with Gasteiger partial charge in [-0.15, -0.1) is 0 Å². The Bertz CT molecular complexity index is 725. The van der Waals surface area contributed by atoms with Crippen LogP contribution in [0.25, 0.3) is 5.69 Å². The van der Waals surface area contributed by atoms with Gasteiger partial charge in [-0.3, -0.25) is 4.98 Å². The summed E-state index contributed by atoms with van der Waals surface area (Å²) < 4.78 is 15.1. The van der Waals surface area contributed by atoms with Crippen molar-refractivity contribution in [3.8, 4) is 5.69 Å². The Balaban J connectivity index is 1.88. The fourth-order valence-electron chi connectivity index (χ4n) is 2.19. The first-order valence-electron chi connectivity index (χ1n) is 6.70. The summed E-state index contributed by atoms with van der Waals surface area (Å²) in [6.07, 6.45) is 6.48. The van der Waals surface area contributed by atoms with Gasteiger partial charge in [-0.1, -0.05) is 12.1 Å². The zero-order valence-electron chi connectivity index (χ0n) is 11.6. The molecule has 0 aliphatic carbocycles. The lowest BCUT2D eigenvalue weighted by atomic mass is 10.1. The molecule has 0 amide bonds. The maximum absolute atomic E-state index is 13.3. The Morgan fingerprint density at radius 1 is 1.19 bits per heavy atom. The molecule has 106 valence electrons. The normalized spacial score (nSPS) is 12.1. The predicted molar refractivity (Wildman–Crippen MR) is 79.8 cm³/mol. The number of benzene rings is 1. The van der Waals surface area contributed by atoms with E-state index in [4.69, 9.17) is 0 Å². The third-order valence-electron chi connectivity index (χ3n) is 3.25. The number of para-hydroxylation sites is 2. The lowest BCUT2D eigenvalue weighted by Crippen LogP contribution is -2.10. The van der Waals surface area contributed by atoms with E-state index in [9.17, 15) is 4.39 Å². The van der Waals surface area contributed by atoms with E-state index in [0.29, 0.717) is 0 Å². The summed E-state index contributed by atoms with van der Waals surface area (Å²) in [6.45, 7) is 1.97. The lowest BCUT2D eigenvalue weighted by molar-refractivity contribution is 0.616. The van der Waals surface area contributed by atoms with E-state index in [0.717, 1.165) is 16.9 Å². The summed E-state index contributed by atoms with van der Waals surface area (Å²) in [5.41, 5.74) is 2.67. The van der Waals surface area contributed by atoms with E-state index >= 15 is 0 Å². The molecule has 3 aromatic rings. The molecule has 0 saturated carbocycles. The van der Waals surface area contributed by atoms with Crippen molar-refractivity contribution in [1.82, 2.24) is 14.8 Å². The number of hydrogen-bond donors (Lipinski definition) is 1. The van der Waals surface area contributed by atoms with Crippen LogP contribution in [0.2, 0.25) is 0 Å². The largest absolute Gasteiger partial charge is 0.377 e. The number of halogens is 1. The summed E-state index contributed by atoms with van der Waals surface area (Å²) in [4.78, 5) is 3.89. The molecule has 5 heteroatoms. The van der Waals surface area contributed by atoms with Crippen molar-refractivity contribution in [1.29, 1.82) is 0 Å². The van der Waals surface area contributed by atoms with Gasteiger partial charge in [0, 0.05) is 18.6 Å². The van der Waals surface area contributed by atoms with Crippen LogP contribution in [0.4, 0.5) is 10.1 Å². The number of anilines is 1. The highest BCUT2D eigenvalue weighted by atomic mass is 19.1. The van der Waals surface area contributed by atoms with Gasteiger partial charge in [0.05, 0.1) is 23.6 Å². The quantitative estimate of drug-likeness (QED) is 0.795. The Morgan fingerprint density at radius 2 is 2.05 bits per heavy atom. The molecule has 0 saturated heterocycles. The summed E-state index contributed by atoms with van der Waals surface area (Å²) in [6, 6.07) is 11.1. The topological polar surface area (TPSA) is 42.7 Å². The number of nitrogens with one attached hydrogen (secondary N) is 1. The fraction of sp³-hybridized carbons (Fsp3) is 0.125. The summed E-state index contributed by atoms with van der Waals surface area (Å²) in [7, 11) is 0. The molecule has 1 atom stereocenters. The molecule has 4 nitrogen and oxygen atoms in total.